The molecular formula is C18H14F2N2O3. The van der Waals surface area contributed by atoms with Gasteiger partial charge in [-0.2, -0.15) is 0 Å². The van der Waals surface area contributed by atoms with Crippen LogP contribution in [0.15, 0.2) is 53.1 Å². The first-order valence-electron chi connectivity index (χ1n) is 7.43. The SMILES string of the molecule is Cc1onc(C(=O)Nc2cccc(F)c2)c1COc1ccc(F)cc1. The van der Waals surface area contributed by atoms with E-state index in [1.165, 1.54) is 42.5 Å². The van der Waals surface area contributed by atoms with E-state index in [1.807, 2.05) is 0 Å². The second kappa shape index (κ2) is 7.12. The molecule has 0 fully saturated rings. The molecule has 0 aliphatic rings. The molecule has 0 atom stereocenters. The van der Waals surface area contributed by atoms with Gasteiger partial charge in [0.1, 0.15) is 29.8 Å². The highest BCUT2D eigenvalue weighted by Crippen LogP contribution is 2.19. The molecule has 1 aromatic heterocycles. The van der Waals surface area contributed by atoms with Gasteiger partial charge in [0, 0.05) is 5.69 Å². The number of amides is 1. The first-order chi connectivity index (χ1) is 12.0. The van der Waals surface area contributed by atoms with Crippen LogP contribution in [0.5, 0.6) is 5.75 Å². The number of anilines is 1. The van der Waals surface area contributed by atoms with Gasteiger partial charge in [-0.05, 0) is 49.4 Å². The van der Waals surface area contributed by atoms with E-state index in [0.717, 1.165) is 0 Å². The average molecular weight is 344 g/mol. The molecule has 1 N–H and O–H groups in total. The lowest BCUT2D eigenvalue weighted by atomic mass is 10.2. The second-order valence-electron chi connectivity index (χ2n) is 5.27. The molecule has 128 valence electrons. The van der Waals surface area contributed by atoms with Crippen LogP contribution in [0.3, 0.4) is 0 Å². The van der Waals surface area contributed by atoms with Crippen molar-refractivity contribution in [2.45, 2.75) is 13.5 Å². The number of nitrogens with one attached hydrogen (secondary N) is 1. The van der Waals surface area contributed by atoms with E-state index >= 15 is 0 Å². The van der Waals surface area contributed by atoms with Gasteiger partial charge in [0.15, 0.2) is 5.69 Å². The molecule has 0 bridgehead atoms. The fourth-order valence-electron chi connectivity index (χ4n) is 2.18. The summed E-state index contributed by atoms with van der Waals surface area (Å²) < 4.78 is 36.7. The number of halogens is 2. The fourth-order valence-corrected chi connectivity index (χ4v) is 2.18. The zero-order valence-electron chi connectivity index (χ0n) is 13.3. The van der Waals surface area contributed by atoms with E-state index in [1.54, 1.807) is 13.0 Å². The number of aromatic nitrogens is 1. The lowest BCUT2D eigenvalue weighted by Crippen LogP contribution is -2.15. The number of hydrogen-bond donors (Lipinski definition) is 1. The molecule has 0 spiro atoms. The van der Waals surface area contributed by atoms with Gasteiger partial charge in [0.25, 0.3) is 5.91 Å². The Balaban J connectivity index is 1.74. The van der Waals surface area contributed by atoms with Gasteiger partial charge in [-0.25, -0.2) is 8.78 Å². The topological polar surface area (TPSA) is 64.4 Å². The summed E-state index contributed by atoms with van der Waals surface area (Å²) in [6.07, 6.45) is 0. The third-order valence-electron chi connectivity index (χ3n) is 3.48. The highest BCUT2D eigenvalue weighted by molar-refractivity contribution is 6.03. The summed E-state index contributed by atoms with van der Waals surface area (Å²) in [4.78, 5) is 12.4. The molecule has 0 saturated carbocycles. The largest absolute Gasteiger partial charge is 0.489 e. The molecule has 7 heteroatoms. The van der Waals surface area contributed by atoms with Crippen LogP contribution in [0.25, 0.3) is 0 Å². The summed E-state index contributed by atoms with van der Waals surface area (Å²) in [6.45, 7) is 1.67. The third kappa shape index (κ3) is 4.00. The maximum atomic E-state index is 13.2. The average Bonchev–Trinajstić information content (AvgIpc) is 2.95. The Morgan fingerprint density at radius 1 is 1.16 bits per heavy atom. The molecule has 3 aromatic rings. The molecule has 1 amide bonds. The summed E-state index contributed by atoms with van der Waals surface area (Å²) in [5.74, 6) is -0.511. The zero-order chi connectivity index (χ0) is 17.8. The van der Waals surface area contributed by atoms with Gasteiger partial charge in [-0.15, -0.1) is 0 Å². The van der Waals surface area contributed by atoms with Gasteiger partial charge < -0.3 is 14.6 Å². The number of carbonyl (C=O) groups excluding carboxylic acids is 1. The van der Waals surface area contributed by atoms with Crippen LogP contribution < -0.4 is 10.1 Å². The minimum atomic E-state index is -0.542. The van der Waals surface area contributed by atoms with Crippen molar-refractivity contribution in [2.75, 3.05) is 5.32 Å². The van der Waals surface area contributed by atoms with E-state index in [-0.39, 0.29) is 18.1 Å². The van der Waals surface area contributed by atoms with Gasteiger partial charge >= 0.3 is 0 Å². The summed E-state index contributed by atoms with van der Waals surface area (Å²) in [7, 11) is 0. The van der Waals surface area contributed by atoms with Gasteiger partial charge in [0.05, 0.1) is 5.56 Å². The van der Waals surface area contributed by atoms with E-state index in [4.69, 9.17) is 9.26 Å². The number of benzene rings is 2. The van der Waals surface area contributed by atoms with Crippen molar-refractivity contribution in [2.24, 2.45) is 0 Å². The lowest BCUT2D eigenvalue weighted by Gasteiger charge is -2.07. The van der Waals surface area contributed by atoms with Crippen molar-refractivity contribution in [3.05, 3.63) is 77.2 Å². The highest BCUT2D eigenvalue weighted by atomic mass is 19.1. The predicted molar refractivity (Wildman–Crippen MR) is 86.3 cm³/mol. The second-order valence-corrected chi connectivity index (χ2v) is 5.27. The first-order valence-corrected chi connectivity index (χ1v) is 7.43. The molecular weight excluding hydrogens is 330 g/mol. The molecule has 0 aliphatic heterocycles. The van der Waals surface area contributed by atoms with Gasteiger partial charge in [-0.3, -0.25) is 4.79 Å². The Labute approximate surface area is 142 Å². The number of hydrogen-bond acceptors (Lipinski definition) is 4. The summed E-state index contributed by atoms with van der Waals surface area (Å²) >= 11 is 0. The Hall–Kier alpha value is -3.22. The monoisotopic (exact) mass is 344 g/mol. The fraction of sp³-hybridized carbons (Fsp3) is 0.111. The number of nitrogens with zero attached hydrogens (tertiary/aromatic N) is 1. The Morgan fingerprint density at radius 2 is 1.92 bits per heavy atom. The minimum absolute atomic E-state index is 0.0207. The van der Waals surface area contributed by atoms with E-state index < -0.39 is 11.7 Å². The molecule has 3 rings (SSSR count). The van der Waals surface area contributed by atoms with Crippen LogP contribution in [-0.4, -0.2) is 11.1 Å². The Bertz CT molecular complexity index is 892. The van der Waals surface area contributed by atoms with Crippen molar-refractivity contribution in [1.29, 1.82) is 0 Å². The molecule has 0 aliphatic carbocycles. The molecule has 0 radical (unpaired) electrons. The van der Waals surface area contributed by atoms with Gasteiger partial charge in [-0.1, -0.05) is 11.2 Å². The molecule has 25 heavy (non-hydrogen) atoms. The standard InChI is InChI=1S/C18H14F2N2O3/c1-11-16(10-24-15-7-5-12(19)6-8-15)17(22-25-11)18(23)21-14-4-2-3-13(20)9-14/h2-9H,10H2,1H3,(H,21,23). The zero-order valence-corrected chi connectivity index (χ0v) is 13.3. The predicted octanol–water partition coefficient (Wildman–Crippen LogP) is 4.09. The number of aryl methyl sites for hydroxylation is 1. The molecule has 1 heterocycles. The van der Waals surface area contributed by atoms with Crippen molar-refractivity contribution in [3.63, 3.8) is 0 Å². The van der Waals surface area contributed by atoms with Crippen LogP contribution >= 0.6 is 0 Å². The van der Waals surface area contributed by atoms with Crippen LogP contribution in [0.1, 0.15) is 21.8 Å². The lowest BCUT2D eigenvalue weighted by molar-refractivity contribution is 0.101. The Morgan fingerprint density at radius 3 is 2.64 bits per heavy atom. The highest BCUT2D eigenvalue weighted by Gasteiger charge is 2.20. The molecule has 0 saturated heterocycles. The summed E-state index contributed by atoms with van der Waals surface area (Å²) in [5.41, 5.74) is 0.804. The van der Waals surface area contributed by atoms with Crippen LogP contribution in [0.4, 0.5) is 14.5 Å². The minimum Gasteiger partial charge on any atom is -0.489 e. The number of rotatable bonds is 5. The van der Waals surface area contributed by atoms with E-state index in [9.17, 15) is 13.6 Å². The van der Waals surface area contributed by atoms with Gasteiger partial charge in [0.2, 0.25) is 0 Å². The quantitative estimate of drug-likeness (QED) is 0.757. The first kappa shape index (κ1) is 16.6. The molecule has 2 aromatic carbocycles. The van der Waals surface area contributed by atoms with Crippen molar-refractivity contribution in [3.8, 4) is 5.75 Å². The van der Waals surface area contributed by atoms with Crippen molar-refractivity contribution >= 4 is 11.6 Å². The van der Waals surface area contributed by atoms with E-state index in [2.05, 4.69) is 10.5 Å². The molecule has 0 unspecified atom stereocenters. The Kier molecular flexibility index (Phi) is 4.74. The summed E-state index contributed by atoms with van der Waals surface area (Å²) in [5, 5.41) is 6.29. The van der Waals surface area contributed by atoms with Crippen LogP contribution in [-0.2, 0) is 6.61 Å². The molecule has 5 nitrogen and oxygen atoms in total. The van der Waals surface area contributed by atoms with Crippen LogP contribution in [0.2, 0.25) is 0 Å². The maximum absolute atomic E-state index is 13.2. The van der Waals surface area contributed by atoms with E-state index in [0.29, 0.717) is 22.8 Å². The summed E-state index contributed by atoms with van der Waals surface area (Å²) in [6, 6.07) is 11.0. The van der Waals surface area contributed by atoms with Crippen molar-refractivity contribution < 1.29 is 22.8 Å². The number of carbonyl (C=O) groups is 1. The van der Waals surface area contributed by atoms with Crippen molar-refractivity contribution in [1.82, 2.24) is 5.16 Å². The maximum Gasteiger partial charge on any atom is 0.278 e. The number of ether oxygens (including phenoxy) is 1. The third-order valence-corrected chi connectivity index (χ3v) is 3.48. The normalized spacial score (nSPS) is 10.5. The smallest absolute Gasteiger partial charge is 0.278 e. The van der Waals surface area contributed by atoms with Crippen LogP contribution in [0, 0.1) is 18.6 Å².